The largest absolute Gasteiger partial charge is 0.348 e. The van der Waals surface area contributed by atoms with Crippen molar-refractivity contribution in [3.05, 3.63) is 74.5 Å². The van der Waals surface area contributed by atoms with Crippen LogP contribution >= 0.6 is 11.6 Å². The van der Waals surface area contributed by atoms with E-state index in [1.807, 2.05) is 0 Å². The monoisotopic (exact) mass is 308 g/mol. The molecule has 0 saturated heterocycles. The third kappa shape index (κ3) is 3.55. The van der Waals surface area contributed by atoms with Crippen molar-refractivity contribution in [2.75, 3.05) is 0 Å². The highest BCUT2D eigenvalue weighted by atomic mass is 35.5. The number of rotatable bonds is 4. The summed E-state index contributed by atoms with van der Waals surface area (Å²) in [6, 6.07) is 9.59. The minimum absolute atomic E-state index is 0.00117. The van der Waals surface area contributed by atoms with Gasteiger partial charge in [-0.1, -0.05) is 29.8 Å². The molecule has 2 aromatic carbocycles. The Bertz CT molecular complexity index is 706. The predicted molar refractivity (Wildman–Crippen MR) is 75.7 cm³/mol. The second kappa shape index (κ2) is 6.32. The van der Waals surface area contributed by atoms with E-state index in [1.165, 1.54) is 18.2 Å². The lowest BCUT2D eigenvalue weighted by Crippen LogP contribution is -2.23. The summed E-state index contributed by atoms with van der Waals surface area (Å²) in [7, 11) is 0. The van der Waals surface area contributed by atoms with Crippen LogP contribution in [0.5, 0.6) is 0 Å². The van der Waals surface area contributed by atoms with E-state index in [4.69, 9.17) is 11.6 Å². The van der Waals surface area contributed by atoms with Crippen LogP contribution in [0.4, 0.5) is 10.1 Å². The lowest BCUT2D eigenvalue weighted by atomic mass is 10.1. The summed E-state index contributed by atoms with van der Waals surface area (Å²) in [6.07, 6.45) is 0. The van der Waals surface area contributed by atoms with Gasteiger partial charge < -0.3 is 5.32 Å². The number of benzene rings is 2. The number of non-ortho nitro benzene ring substituents is 1. The van der Waals surface area contributed by atoms with Gasteiger partial charge in [0.05, 0.1) is 15.5 Å². The van der Waals surface area contributed by atoms with Crippen molar-refractivity contribution >= 4 is 23.2 Å². The molecule has 2 aromatic rings. The van der Waals surface area contributed by atoms with Gasteiger partial charge in [-0.25, -0.2) is 4.39 Å². The number of amides is 1. The summed E-state index contributed by atoms with van der Waals surface area (Å²) in [6.45, 7) is -0.00117. The number of halogens is 2. The van der Waals surface area contributed by atoms with Crippen LogP contribution in [-0.2, 0) is 6.54 Å². The summed E-state index contributed by atoms with van der Waals surface area (Å²) in [5, 5.41) is 13.1. The van der Waals surface area contributed by atoms with Gasteiger partial charge in [0.2, 0.25) is 0 Å². The molecular formula is C14H10ClFN2O3. The Kier molecular flexibility index (Phi) is 4.49. The van der Waals surface area contributed by atoms with Crippen molar-refractivity contribution in [2.24, 2.45) is 0 Å². The number of nitro groups is 1. The van der Waals surface area contributed by atoms with Crippen LogP contribution < -0.4 is 5.32 Å². The van der Waals surface area contributed by atoms with Gasteiger partial charge in [0, 0.05) is 24.2 Å². The van der Waals surface area contributed by atoms with Gasteiger partial charge in [-0.2, -0.15) is 0 Å². The first-order valence-corrected chi connectivity index (χ1v) is 6.32. The van der Waals surface area contributed by atoms with Crippen molar-refractivity contribution in [1.29, 1.82) is 0 Å². The second-order valence-electron chi connectivity index (χ2n) is 4.20. The topological polar surface area (TPSA) is 72.2 Å². The molecule has 1 amide bonds. The summed E-state index contributed by atoms with van der Waals surface area (Å²) < 4.78 is 13.4. The molecule has 2 rings (SSSR count). The van der Waals surface area contributed by atoms with E-state index >= 15 is 0 Å². The molecule has 108 valence electrons. The minimum Gasteiger partial charge on any atom is -0.348 e. The Hall–Kier alpha value is -2.47. The molecule has 0 aromatic heterocycles. The van der Waals surface area contributed by atoms with Gasteiger partial charge in [-0.15, -0.1) is 0 Å². The number of carbonyl (C=O) groups is 1. The minimum atomic E-state index is -0.604. The smallest absolute Gasteiger partial charge is 0.270 e. The molecule has 1 N–H and O–H groups in total. The Morgan fingerprint density at radius 1 is 1.29 bits per heavy atom. The van der Waals surface area contributed by atoms with Crippen molar-refractivity contribution < 1.29 is 14.1 Å². The van der Waals surface area contributed by atoms with Crippen LogP contribution in [0.25, 0.3) is 0 Å². The van der Waals surface area contributed by atoms with Crippen molar-refractivity contribution in [2.45, 2.75) is 6.54 Å². The third-order valence-corrected chi connectivity index (χ3v) is 3.12. The summed E-state index contributed by atoms with van der Waals surface area (Å²) in [5.41, 5.74) is 0.230. The second-order valence-corrected chi connectivity index (χ2v) is 4.60. The fraction of sp³-hybridized carbons (Fsp3) is 0.0714. The quantitative estimate of drug-likeness (QED) is 0.695. The zero-order valence-electron chi connectivity index (χ0n) is 10.7. The maximum atomic E-state index is 13.4. The number of nitrogens with one attached hydrogen (secondary N) is 1. The van der Waals surface area contributed by atoms with E-state index in [9.17, 15) is 19.3 Å². The molecule has 0 bridgehead atoms. The lowest BCUT2D eigenvalue weighted by molar-refractivity contribution is -0.384. The molecule has 7 heteroatoms. The average Bonchev–Trinajstić information content (AvgIpc) is 2.46. The Balaban J connectivity index is 2.11. The maximum Gasteiger partial charge on any atom is 0.270 e. The van der Waals surface area contributed by atoms with Crippen LogP contribution in [0, 0.1) is 15.9 Å². The van der Waals surface area contributed by atoms with Gasteiger partial charge in [0.1, 0.15) is 5.82 Å². The summed E-state index contributed by atoms with van der Waals surface area (Å²) in [5.74, 6) is -0.953. The van der Waals surface area contributed by atoms with Crippen LogP contribution in [-0.4, -0.2) is 10.8 Å². The number of nitrogens with zero attached hydrogens (tertiary/aromatic N) is 1. The molecule has 0 spiro atoms. The number of hydrogen-bond acceptors (Lipinski definition) is 3. The molecule has 0 aliphatic rings. The molecule has 0 saturated carbocycles. The number of carbonyl (C=O) groups excluding carboxylic acids is 1. The van der Waals surface area contributed by atoms with E-state index in [2.05, 4.69) is 5.32 Å². The van der Waals surface area contributed by atoms with Crippen molar-refractivity contribution in [3.63, 3.8) is 0 Å². The Morgan fingerprint density at radius 2 is 2.00 bits per heavy atom. The number of hydrogen-bond donors (Lipinski definition) is 1. The molecule has 0 atom stereocenters. The molecule has 21 heavy (non-hydrogen) atoms. The highest BCUT2D eigenvalue weighted by Crippen LogP contribution is 2.22. The van der Waals surface area contributed by atoms with Gasteiger partial charge in [0.25, 0.3) is 11.6 Å². The average molecular weight is 309 g/mol. The first-order chi connectivity index (χ1) is 9.99. The van der Waals surface area contributed by atoms with Gasteiger partial charge in [-0.05, 0) is 12.1 Å². The summed E-state index contributed by atoms with van der Waals surface area (Å²) in [4.78, 5) is 21.9. The first kappa shape index (κ1) is 14.9. The molecule has 0 heterocycles. The zero-order chi connectivity index (χ0) is 15.4. The summed E-state index contributed by atoms with van der Waals surface area (Å²) >= 11 is 5.84. The lowest BCUT2D eigenvalue weighted by Gasteiger charge is -2.07. The molecule has 0 fully saturated rings. The molecule has 5 nitrogen and oxygen atoms in total. The molecule has 0 aliphatic heterocycles. The van der Waals surface area contributed by atoms with Crippen LogP contribution in [0.15, 0.2) is 42.5 Å². The predicted octanol–water partition coefficient (Wildman–Crippen LogP) is 3.32. The van der Waals surface area contributed by atoms with Crippen LogP contribution in [0.3, 0.4) is 0 Å². The SMILES string of the molecule is O=C(NCc1ccccc1F)c1ccc([N+](=O)[O-])cc1Cl. The molecular weight excluding hydrogens is 299 g/mol. The van der Waals surface area contributed by atoms with Gasteiger partial charge in [0.15, 0.2) is 0 Å². The Morgan fingerprint density at radius 3 is 2.62 bits per heavy atom. The maximum absolute atomic E-state index is 13.4. The van der Waals surface area contributed by atoms with Gasteiger partial charge in [-0.3, -0.25) is 14.9 Å². The zero-order valence-corrected chi connectivity index (χ0v) is 11.4. The van der Waals surface area contributed by atoms with Gasteiger partial charge >= 0.3 is 0 Å². The highest BCUT2D eigenvalue weighted by Gasteiger charge is 2.15. The molecule has 0 aliphatic carbocycles. The van der Waals surface area contributed by atoms with Crippen molar-refractivity contribution in [3.8, 4) is 0 Å². The standard InChI is InChI=1S/C14H10ClFN2O3/c15-12-7-10(18(20)21)5-6-11(12)14(19)17-8-9-3-1-2-4-13(9)16/h1-7H,8H2,(H,17,19). The fourth-order valence-corrected chi connectivity index (χ4v) is 1.97. The number of nitro benzene ring substituents is 1. The van der Waals surface area contributed by atoms with Crippen LogP contribution in [0.2, 0.25) is 5.02 Å². The van der Waals surface area contributed by atoms with E-state index < -0.39 is 16.6 Å². The van der Waals surface area contributed by atoms with Crippen molar-refractivity contribution in [1.82, 2.24) is 5.32 Å². The Labute approximate surface area is 124 Å². The first-order valence-electron chi connectivity index (χ1n) is 5.94. The highest BCUT2D eigenvalue weighted by molar-refractivity contribution is 6.34. The normalized spacial score (nSPS) is 10.2. The molecule has 0 unspecified atom stereocenters. The molecule has 0 radical (unpaired) electrons. The van der Waals surface area contributed by atoms with Crippen LogP contribution in [0.1, 0.15) is 15.9 Å². The third-order valence-electron chi connectivity index (χ3n) is 2.81. The van der Waals surface area contributed by atoms with E-state index in [0.717, 1.165) is 6.07 Å². The van der Waals surface area contributed by atoms with E-state index in [1.54, 1.807) is 18.2 Å². The fourth-order valence-electron chi connectivity index (χ4n) is 1.71. The van der Waals surface area contributed by atoms with E-state index in [-0.39, 0.29) is 22.8 Å². The van der Waals surface area contributed by atoms with E-state index in [0.29, 0.717) is 5.56 Å².